The summed E-state index contributed by atoms with van der Waals surface area (Å²) in [6.07, 6.45) is 0. The standard InChI is InChI=1S/C14H10ClFN2S/c15-12-6-11(18)3-4-14(12)19-8-10-2-1-9(7-17)5-13(10)16/h1-6H,8,18H2. The molecule has 2 N–H and O–H groups in total. The molecule has 0 aliphatic carbocycles. The molecule has 0 aliphatic rings. The van der Waals surface area contributed by atoms with E-state index in [1.807, 2.05) is 12.1 Å². The van der Waals surface area contributed by atoms with Gasteiger partial charge in [-0.3, -0.25) is 0 Å². The lowest BCUT2D eigenvalue weighted by Gasteiger charge is -2.06. The minimum atomic E-state index is -0.377. The normalized spacial score (nSPS) is 10.2. The van der Waals surface area contributed by atoms with Crippen LogP contribution < -0.4 is 5.73 Å². The smallest absolute Gasteiger partial charge is 0.128 e. The lowest BCUT2D eigenvalue weighted by molar-refractivity contribution is 0.617. The molecule has 96 valence electrons. The average molecular weight is 293 g/mol. The molecule has 0 fully saturated rings. The Hall–Kier alpha value is -1.70. The maximum Gasteiger partial charge on any atom is 0.128 e. The molecule has 19 heavy (non-hydrogen) atoms. The molecule has 0 radical (unpaired) electrons. The van der Waals surface area contributed by atoms with Crippen molar-refractivity contribution in [3.05, 3.63) is 58.4 Å². The van der Waals surface area contributed by atoms with Gasteiger partial charge in [-0.25, -0.2) is 4.39 Å². The highest BCUT2D eigenvalue weighted by Crippen LogP contribution is 2.31. The highest BCUT2D eigenvalue weighted by molar-refractivity contribution is 7.98. The fraction of sp³-hybridized carbons (Fsp3) is 0.0714. The van der Waals surface area contributed by atoms with E-state index in [1.54, 1.807) is 24.3 Å². The lowest BCUT2D eigenvalue weighted by atomic mass is 10.1. The summed E-state index contributed by atoms with van der Waals surface area (Å²) in [5.41, 5.74) is 7.06. The molecule has 0 unspecified atom stereocenters. The number of halogens is 2. The van der Waals surface area contributed by atoms with Gasteiger partial charge >= 0.3 is 0 Å². The van der Waals surface area contributed by atoms with Crippen LogP contribution in [0.3, 0.4) is 0 Å². The zero-order valence-corrected chi connectivity index (χ0v) is 11.4. The average Bonchev–Trinajstić information content (AvgIpc) is 2.39. The van der Waals surface area contributed by atoms with E-state index in [0.29, 0.717) is 27.6 Å². The molecule has 0 aromatic heterocycles. The number of nitrogens with two attached hydrogens (primary N) is 1. The summed E-state index contributed by atoms with van der Waals surface area (Å²) in [6, 6.07) is 11.6. The van der Waals surface area contributed by atoms with Gasteiger partial charge in [-0.05, 0) is 35.9 Å². The fourth-order valence-electron chi connectivity index (χ4n) is 1.52. The molecule has 0 saturated heterocycles. The second kappa shape index (κ2) is 5.96. The van der Waals surface area contributed by atoms with Crippen LogP contribution in [-0.2, 0) is 5.75 Å². The first-order chi connectivity index (χ1) is 9.10. The van der Waals surface area contributed by atoms with Crippen LogP contribution in [-0.4, -0.2) is 0 Å². The molecule has 0 spiro atoms. The van der Waals surface area contributed by atoms with Crippen LogP contribution in [0.5, 0.6) is 0 Å². The summed E-state index contributed by atoms with van der Waals surface area (Å²) >= 11 is 7.47. The third kappa shape index (κ3) is 3.40. The molecular weight excluding hydrogens is 283 g/mol. The molecule has 0 saturated carbocycles. The second-order valence-corrected chi connectivity index (χ2v) is 5.32. The number of nitrogen functional groups attached to an aromatic ring is 1. The molecule has 0 amide bonds. The molecule has 0 bridgehead atoms. The Labute approximate surface area is 120 Å². The van der Waals surface area contributed by atoms with E-state index in [-0.39, 0.29) is 5.82 Å². The fourth-order valence-corrected chi connectivity index (χ4v) is 2.78. The highest BCUT2D eigenvalue weighted by Gasteiger charge is 2.06. The molecule has 0 atom stereocenters. The summed E-state index contributed by atoms with van der Waals surface area (Å²) in [7, 11) is 0. The zero-order chi connectivity index (χ0) is 13.8. The second-order valence-electron chi connectivity index (χ2n) is 3.90. The molecule has 0 aliphatic heterocycles. The predicted molar refractivity (Wildman–Crippen MR) is 76.5 cm³/mol. The van der Waals surface area contributed by atoms with Gasteiger partial charge in [0.25, 0.3) is 0 Å². The van der Waals surface area contributed by atoms with Crippen LogP contribution >= 0.6 is 23.4 Å². The minimum absolute atomic E-state index is 0.316. The number of nitriles is 1. The Kier molecular flexibility index (Phi) is 4.31. The molecule has 2 rings (SSSR count). The monoisotopic (exact) mass is 292 g/mol. The quantitative estimate of drug-likeness (QED) is 0.680. The van der Waals surface area contributed by atoms with Crippen LogP contribution in [0.25, 0.3) is 0 Å². The largest absolute Gasteiger partial charge is 0.399 e. The van der Waals surface area contributed by atoms with Crippen LogP contribution in [0.15, 0.2) is 41.3 Å². The van der Waals surface area contributed by atoms with Gasteiger partial charge in [0, 0.05) is 16.3 Å². The highest BCUT2D eigenvalue weighted by atomic mass is 35.5. The summed E-state index contributed by atoms with van der Waals surface area (Å²) in [6.45, 7) is 0. The van der Waals surface area contributed by atoms with Crippen molar-refractivity contribution in [1.29, 1.82) is 5.26 Å². The van der Waals surface area contributed by atoms with Crippen LogP contribution in [0.4, 0.5) is 10.1 Å². The van der Waals surface area contributed by atoms with Gasteiger partial charge < -0.3 is 5.73 Å². The van der Waals surface area contributed by atoms with Gasteiger partial charge in [0.15, 0.2) is 0 Å². The Bertz CT molecular complexity index is 652. The summed E-state index contributed by atoms with van der Waals surface area (Å²) in [5.74, 6) is 0.0689. The number of thioether (sulfide) groups is 1. The van der Waals surface area contributed by atoms with Crippen molar-refractivity contribution in [3.8, 4) is 6.07 Å². The minimum Gasteiger partial charge on any atom is -0.399 e. The Balaban J connectivity index is 2.13. The van der Waals surface area contributed by atoms with Crippen molar-refractivity contribution in [1.82, 2.24) is 0 Å². The van der Waals surface area contributed by atoms with Crippen molar-refractivity contribution < 1.29 is 4.39 Å². The van der Waals surface area contributed by atoms with E-state index in [1.165, 1.54) is 17.8 Å². The van der Waals surface area contributed by atoms with Gasteiger partial charge in [-0.1, -0.05) is 17.7 Å². The molecule has 0 heterocycles. The SMILES string of the molecule is N#Cc1ccc(CSc2ccc(N)cc2Cl)c(F)c1. The number of hydrogen-bond acceptors (Lipinski definition) is 3. The van der Waals surface area contributed by atoms with Crippen LogP contribution in [0.1, 0.15) is 11.1 Å². The summed E-state index contributed by atoms with van der Waals surface area (Å²) < 4.78 is 13.7. The van der Waals surface area contributed by atoms with Gasteiger partial charge in [-0.15, -0.1) is 11.8 Å². The molecule has 2 nitrogen and oxygen atoms in total. The first-order valence-corrected chi connectivity index (χ1v) is 6.83. The van der Waals surface area contributed by atoms with Gasteiger partial charge in [-0.2, -0.15) is 5.26 Å². The molecular formula is C14H10ClFN2S. The number of nitrogens with zero attached hydrogens (tertiary/aromatic N) is 1. The van der Waals surface area contributed by atoms with Gasteiger partial charge in [0.1, 0.15) is 5.82 Å². The van der Waals surface area contributed by atoms with E-state index in [2.05, 4.69) is 0 Å². The molecule has 2 aromatic rings. The van der Waals surface area contributed by atoms with E-state index < -0.39 is 0 Å². The van der Waals surface area contributed by atoms with Crippen molar-refractivity contribution in [2.75, 3.05) is 5.73 Å². The number of anilines is 1. The number of benzene rings is 2. The Morgan fingerprint density at radius 3 is 2.68 bits per heavy atom. The van der Waals surface area contributed by atoms with E-state index in [9.17, 15) is 4.39 Å². The molecule has 2 aromatic carbocycles. The summed E-state index contributed by atoms with van der Waals surface area (Å²) in [5, 5.41) is 9.23. The molecule has 5 heteroatoms. The van der Waals surface area contributed by atoms with E-state index in [0.717, 1.165) is 4.90 Å². The Morgan fingerprint density at radius 2 is 2.05 bits per heavy atom. The van der Waals surface area contributed by atoms with Gasteiger partial charge in [0.05, 0.1) is 16.7 Å². The topological polar surface area (TPSA) is 49.8 Å². The lowest BCUT2D eigenvalue weighted by Crippen LogP contribution is -1.90. The maximum absolute atomic E-state index is 13.7. The number of rotatable bonds is 3. The summed E-state index contributed by atoms with van der Waals surface area (Å²) in [4.78, 5) is 0.847. The Morgan fingerprint density at radius 1 is 1.26 bits per heavy atom. The third-order valence-electron chi connectivity index (χ3n) is 2.52. The van der Waals surface area contributed by atoms with Crippen molar-refractivity contribution in [2.24, 2.45) is 0 Å². The zero-order valence-electron chi connectivity index (χ0n) is 9.86. The first-order valence-electron chi connectivity index (χ1n) is 5.46. The van der Waals surface area contributed by atoms with E-state index in [4.69, 9.17) is 22.6 Å². The number of hydrogen-bond donors (Lipinski definition) is 1. The third-order valence-corrected chi connectivity index (χ3v) is 4.07. The first kappa shape index (κ1) is 13.7. The van der Waals surface area contributed by atoms with Crippen LogP contribution in [0.2, 0.25) is 5.02 Å². The van der Waals surface area contributed by atoms with Crippen LogP contribution in [0, 0.1) is 17.1 Å². The van der Waals surface area contributed by atoms with Crippen molar-refractivity contribution in [2.45, 2.75) is 10.6 Å². The maximum atomic E-state index is 13.7. The van der Waals surface area contributed by atoms with Gasteiger partial charge in [0.2, 0.25) is 0 Å². The van der Waals surface area contributed by atoms with Crippen molar-refractivity contribution in [3.63, 3.8) is 0 Å². The predicted octanol–water partition coefficient (Wildman–Crippen LogP) is 4.23. The van der Waals surface area contributed by atoms with Crippen molar-refractivity contribution >= 4 is 29.1 Å². The van der Waals surface area contributed by atoms with E-state index >= 15 is 0 Å².